The van der Waals surface area contributed by atoms with Gasteiger partial charge in [-0.1, -0.05) is 42.5 Å². The molecule has 0 amide bonds. The number of benzene rings is 2. The van der Waals surface area contributed by atoms with Crippen molar-refractivity contribution < 1.29 is 9.47 Å². The van der Waals surface area contributed by atoms with Gasteiger partial charge in [0.1, 0.15) is 5.75 Å². The third-order valence-electron chi connectivity index (χ3n) is 4.54. The minimum Gasteiger partial charge on any atom is -0.493 e. The zero-order valence-electron chi connectivity index (χ0n) is 14.8. The average molecular weight is 340 g/mol. The smallest absolute Gasteiger partial charge is 0.119 e. The molecule has 1 heterocycles. The maximum absolute atomic E-state index is 5.86. The highest BCUT2D eigenvalue weighted by atomic mass is 16.5. The number of hydrogen-bond donors (Lipinski definition) is 1. The zero-order valence-corrected chi connectivity index (χ0v) is 14.8. The van der Waals surface area contributed by atoms with Gasteiger partial charge in [0.25, 0.3) is 0 Å². The first-order chi connectivity index (χ1) is 12.3. The fourth-order valence-electron chi connectivity index (χ4n) is 3.17. The summed E-state index contributed by atoms with van der Waals surface area (Å²) in [5.74, 6) is 0.933. The minimum atomic E-state index is 0.277. The van der Waals surface area contributed by atoms with Gasteiger partial charge < -0.3 is 15.2 Å². The summed E-state index contributed by atoms with van der Waals surface area (Å²) in [5, 5.41) is 0. The second-order valence-electron chi connectivity index (χ2n) is 6.53. The molecule has 2 aromatic carbocycles. The number of nitrogens with two attached hydrogens (primary N) is 1. The average Bonchev–Trinajstić information content (AvgIpc) is 2.65. The Morgan fingerprint density at radius 1 is 1.04 bits per heavy atom. The molecule has 0 bridgehead atoms. The maximum Gasteiger partial charge on any atom is 0.119 e. The van der Waals surface area contributed by atoms with Crippen LogP contribution in [0, 0.1) is 0 Å². The molecule has 4 heteroatoms. The quantitative estimate of drug-likeness (QED) is 0.803. The molecular formula is C21H28N2O2. The molecule has 134 valence electrons. The maximum atomic E-state index is 5.86. The highest BCUT2D eigenvalue weighted by Crippen LogP contribution is 2.16. The Hall–Kier alpha value is -1.88. The van der Waals surface area contributed by atoms with E-state index in [1.165, 1.54) is 11.1 Å². The molecule has 3 rings (SSSR count). The lowest BCUT2D eigenvalue weighted by molar-refractivity contribution is -0.0335. The van der Waals surface area contributed by atoms with Gasteiger partial charge in [0, 0.05) is 26.1 Å². The normalized spacial score (nSPS) is 18.2. The second kappa shape index (κ2) is 9.56. The number of morpholine rings is 1. The Morgan fingerprint density at radius 3 is 2.60 bits per heavy atom. The highest BCUT2D eigenvalue weighted by Gasteiger charge is 2.19. The summed E-state index contributed by atoms with van der Waals surface area (Å²) in [6, 6.07) is 18.9. The molecule has 0 radical (unpaired) electrons. The fourth-order valence-corrected chi connectivity index (χ4v) is 3.17. The number of hydrogen-bond acceptors (Lipinski definition) is 4. The van der Waals surface area contributed by atoms with E-state index in [2.05, 4.69) is 53.4 Å². The van der Waals surface area contributed by atoms with E-state index in [1.54, 1.807) is 0 Å². The van der Waals surface area contributed by atoms with E-state index in [9.17, 15) is 0 Å². The van der Waals surface area contributed by atoms with Gasteiger partial charge in [0.15, 0.2) is 0 Å². The van der Waals surface area contributed by atoms with Gasteiger partial charge in [0.05, 0.1) is 19.3 Å². The Kier molecular flexibility index (Phi) is 6.86. The van der Waals surface area contributed by atoms with Gasteiger partial charge in [-0.05, 0) is 36.2 Å². The van der Waals surface area contributed by atoms with Crippen molar-refractivity contribution >= 4 is 0 Å². The SMILES string of the molecule is NCC[C@H]1CN(Cc2ccc(OCCc3ccccc3)cc2)CCO1. The van der Waals surface area contributed by atoms with Crippen LogP contribution in [0.5, 0.6) is 5.75 Å². The van der Waals surface area contributed by atoms with E-state index in [0.717, 1.165) is 44.8 Å². The van der Waals surface area contributed by atoms with E-state index in [1.807, 2.05) is 6.07 Å². The van der Waals surface area contributed by atoms with Crippen LogP contribution < -0.4 is 10.5 Å². The summed E-state index contributed by atoms with van der Waals surface area (Å²) in [7, 11) is 0. The molecule has 2 N–H and O–H groups in total. The molecule has 4 nitrogen and oxygen atoms in total. The molecule has 1 aliphatic heterocycles. The first-order valence-corrected chi connectivity index (χ1v) is 9.13. The van der Waals surface area contributed by atoms with Gasteiger partial charge >= 0.3 is 0 Å². The van der Waals surface area contributed by atoms with Crippen molar-refractivity contribution in [3.8, 4) is 5.75 Å². The summed E-state index contributed by atoms with van der Waals surface area (Å²) in [4.78, 5) is 2.44. The molecule has 1 saturated heterocycles. The third kappa shape index (κ3) is 5.85. The minimum absolute atomic E-state index is 0.277. The molecular weight excluding hydrogens is 312 g/mol. The third-order valence-corrected chi connectivity index (χ3v) is 4.54. The van der Waals surface area contributed by atoms with Crippen molar-refractivity contribution in [2.24, 2.45) is 5.73 Å². The fraction of sp³-hybridized carbons (Fsp3) is 0.429. The molecule has 1 atom stereocenters. The topological polar surface area (TPSA) is 47.7 Å². The Balaban J connectivity index is 1.44. The van der Waals surface area contributed by atoms with Crippen molar-refractivity contribution in [3.63, 3.8) is 0 Å². The largest absolute Gasteiger partial charge is 0.493 e. The van der Waals surface area contributed by atoms with E-state index in [-0.39, 0.29) is 6.10 Å². The first-order valence-electron chi connectivity index (χ1n) is 9.13. The lowest BCUT2D eigenvalue weighted by Gasteiger charge is -2.32. The molecule has 0 aliphatic carbocycles. The van der Waals surface area contributed by atoms with Crippen LogP contribution in [0.4, 0.5) is 0 Å². The van der Waals surface area contributed by atoms with Gasteiger partial charge in [-0.2, -0.15) is 0 Å². The van der Waals surface area contributed by atoms with Crippen LogP contribution >= 0.6 is 0 Å². The molecule has 0 aromatic heterocycles. The van der Waals surface area contributed by atoms with Crippen LogP contribution in [0.1, 0.15) is 17.5 Å². The zero-order chi connectivity index (χ0) is 17.3. The lowest BCUT2D eigenvalue weighted by Crippen LogP contribution is -2.42. The summed E-state index contributed by atoms with van der Waals surface area (Å²) in [5.41, 5.74) is 8.25. The Bertz CT molecular complexity index is 614. The molecule has 1 fully saturated rings. The second-order valence-corrected chi connectivity index (χ2v) is 6.53. The van der Waals surface area contributed by atoms with E-state index in [0.29, 0.717) is 13.2 Å². The Morgan fingerprint density at radius 2 is 1.84 bits per heavy atom. The monoisotopic (exact) mass is 340 g/mol. The van der Waals surface area contributed by atoms with Gasteiger partial charge in [-0.3, -0.25) is 4.90 Å². The molecule has 25 heavy (non-hydrogen) atoms. The number of ether oxygens (including phenoxy) is 2. The van der Waals surface area contributed by atoms with Crippen LogP contribution in [-0.2, 0) is 17.7 Å². The summed E-state index contributed by atoms with van der Waals surface area (Å²) in [6.45, 7) is 5.09. The molecule has 0 spiro atoms. The number of nitrogens with zero attached hydrogens (tertiary/aromatic N) is 1. The molecule has 1 aliphatic rings. The van der Waals surface area contributed by atoms with Crippen molar-refractivity contribution in [3.05, 3.63) is 65.7 Å². The molecule has 0 unspecified atom stereocenters. The van der Waals surface area contributed by atoms with Gasteiger partial charge in [0.2, 0.25) is 0 Å². The summed E-state index contributed by atoms with van der Waals surface area (Å²) >= 11 is 0. The van der Waals surface area contributed by atoms with Crippen molar-refractivity contribution in [1.82, 2.24) is 4.90 Å². The highest BCUT2D eigenvalue weighted by molar-refractivity contribution is 5.27. The van der Waals surface area contributed by atoms with E-state index < -0.39 is 0 Å². The molecule has 0 saturated carbocycles. The van der Waals surface area contributed by atoms with Crippen LogP contribution in [-0.4, -0.2) is 43.9 Å². The number of rotatable bonds is 8. The first kappa shape index (κ1) is 17.9. The van der Waals surface area contributed by atoms with Crippen LogP contribution in [0.2, 0.25) is 0 Å². The van der Waals surface area contributed by atoms with Crippen LogP contribution in [0.3, 0.4) is 0 Å². The van der Waals surface area contributed by atoms with Crippen molar-refractivity contribution in [2.75, 3.05) is 32.8 Å². The Labute approximate surface area is 150 Å². The van der Waals surface area contributed by atoms with Crippen LogP contribution in [0.15, 0.2) is 54.6 Å². The lowest BCUT2D eigenvalue weighted by atomic mass is 10.1. The van der Waals surface area contributed by atoms with Crippen molar-refractivity contribution in [1.29, 1.82) is 0 Å². The van der Waals surface area contributed by atoms with E-state index >= 15 is 0 Å². The predicted octanol–water partition coefficient (Wildman–Crippen LogP) is 2.86. The van der Waals surface area contributed by atoms with E-state index in [4.69, 9.17) is 15.2 Å². The van der Waals surface area contributed by atoms with Crippen LogP contribution in [0.25, 0.3) is 0 Å². The predicted molar refractivity (Wildman–Crippen MR) is 101 cm³/mol. The van der Waals surface area contributed by atoms with Crippen molar-refractivity contribution in [2.45, 2.75) is 25.5 Å². The summed E-state index contributed by atoms with van der Waals surface area (Å²) < 4.78 is 11.6. The van der Waals surface area contributed by atoms with Gasteiger partial charge in [-0.25, -0.2) is 0 Å². The van der Waals surface area contributed by atoms with Gasteiger partial charge in [-0.15, -0.1) is 0 Å². The standard InChI is InChI=1S/C21H28N2O2/c22-12-10-21-17-23(13-15-25-21)16-19-6-8-20(9-7-19)24-14-11-18-4-2-1-3-5-18/h1-9,21H,10-17,22H2/t21-/m0/s1. The summed E-state index contributed by atoms with van der Waals surface area (Å²) in [6.07, 6.45) is 2.14. The molecule has 2 aromatic rings.